The third-order valence-corrected chi connectivity index (χ3v) is 4.54. The second-order valence-electron chi connectivity index (χ2n) is 6.14. The van der Waals surface area contributed by atoms with Crippen LogP contribution in [0.25, 0.3) is 0 Å². The largest absolute Gasteiger partial charge is 0.508 e. The minimum Gasteiger partial charge on any atom is -0.508 e. The van der Waals surface area contributed by atoms with Gasteiger partial charge in [0.25, 0.3) is 5.91 Å². The molecular weight excluding hydrogens is 324 g/mol. The van der Waals surface area contributed by atoms with Crippen LogP contribution in [0.2, 0.25) is 5.02 Å². The number of halogens is 1. The number of rotatable bonds is 4. The van der Waals surface area contributed by atoms with E-state index in [9.17, 15) is 9.90 Å². The van der Waals surface area contributed by atoms with Gasteiger partial charge in [-0.3, -0.25) is 9.69 Å². The highest BCUT2D eigenvalue weighted by Crippen LogP contribution is 2.25. The smallest absolute Gasteiger partial charge is 0.255 e. The van der Waals surface area contributed by atoms with Crippen molar-refractivity contribution in [2.24, 2.45) is 0 Å². The number of likely N-dealkylation sites (tertiary alicyclic amines) is 1. The SMILES string of the molecule is O=C(Nc1ccc(O)c(CN2CCCCC2)c1)c1ccc(Cl)cc1. The lowest BCUT2D eigenvalue weighted by Crippen LogP contribution is -2.29. The molecule has 2 aromatic rings. The summed E-state index contributed by atoms with van der Waals surface area (Å²) < 4.78 is 0. The average Bonchev–Trinajstić information content (AvgIpc) is 2.59. The standard InChI is InChI=1S/C19H21ClN2O2/c20-16-6-4-14(5-7-16)19(24)21-17-8-9-18(23)15(12-17)13-22-10-2-1-3-11-22/h4-9,12,23H,1-3,10-11,13H2,(H,21,24). The van der Waals surface area contributed by atoms with Crippen molar-refractivity contribution in [2.45, 2.75) is 25.8 Å². The van der Waals surface area contributed by atoms with E-state index < -0.39 is 0 Å². The normalized spacial score (nSPS) is 15.2. The maximum absolute atomic E-state index is 12.3. The van der Waals surface area contributed by atoms with Crippen LogP contribution in [0.15, 0.2) is 42.5 Å². The second-order valence-corrected chi connectivity index (χ2v) is 6.58. The third-order valence-electron chi connectivity index (χ3n) is 4.29. The molecule has 126 valence electrons. The van der Waals surface area contributed by atoms with Crippen LogP contribution in [0, 0.1) is 0 Å². The van der Waals surface area contributed by atoms with E-state index in [0.717, 1.165) is 18.7 Å². The third kappa shape index (κ3) is 4.28. The number of nitrogens with zero attached hydrogens (tertiary/aromatic N) is 1. The van der Waals surface area contributed by atoms with E-state index in [1.807, 2.05) is 6.07 Å². The summed E-state index contributed by atoms with van der Waals surface area (Å²) in [5.74, 6) is 0.0753. The Labute approximate surface area is 147 Å². The van der Waals surface area contributed by atoms with Crippen molar-refractivity contribution in [1.82, 2.24) is 4.90 Å². The Bertz CT molecular complexity index is 710. The van der Waals surface area contributed by atoms with E-state index in [4.69, 9.17) is 11.6 Å². The van der Waals surface area contributed by atoms with Gasteiger partial charge in [0.05, 0.1) is 0 Å². The molecule has 0 radical (unpaired) electrons. The Balaban J connectivity index is 1.70. The van der Waals surface area contributed by atoms with Gasteiger partial charge in [-0.05, 0) is 68.4 Å². The molecule has 1 heterocycles. The number of phenolic OH excluding ortho intramolecular Hbond substituents is 1. The number of carbonyl (C=O) groups is 1. The van der Waals surface area contributed by atoms with Gasteiger partial charge in [-0.1, -0.05) is 18.0 Å². The van der Waals surface area contributed by atoms with Crippen molar-refractivity contribution >= 4 is 23.2 Å². The van der Waals surface area contributed by atoms with Crippen LogP contribution in [0.3, 0.4) is 0 Å². The monoisotopic (exact) mass is 344 g/mol. The van der Waals surface area contributed by atoms with Crippen molar-refractivity contribution in [1.29, 1.82) is 0 Å². The minimum atomic E-state index is -0.193. The lowest BCUT2D eigenvalue weighted by atomic mass is 10.1. The number of hydrogen-bond donors (Lipinski definition) is 2. The second kappa shape index (κ2) is 7.69. The number of nitrogens with one attached hydrogen (secondary N) is 1. The molecule has 0 bridgehead atoms. The summed E-state index contributed by atoms with van der Waals surface area (Å²) in [5.41, 5.74) is 2.07. The van der Waals surface area contributed by atoms with E-state index in [1.54, 1.807) is 36.4 Å². The first kappa shape index (κ1) is 16.8. The summed E-state index contributed by atoms with van der Waals surface area (Å²) in [6.07, 6.45) is 3.68. The average molecular weight is 345 g/mol. The molecule has 3 rings (SSSR count). The van der Waals surface area contributed by atoms with Gasteiger partial charge >= 0.3 is 0 Å². The predicted molar refractivity (Wildman–Crippen MR) is 96.6 cm³/mol. The lowest BCUT2D eigenvalue weighted by Gasteiger charge is -2.26. The molecule has 24 heavy (non-hydrogen) atoms. The molecule has 4 nitrogen and oxygen atoms in total. The number of benzene rings is 2. The molecule has 1 amide bonds. The molecule has 0 aliphatic carbocycles. The summed E-state index contributed by atoms with van der Waals surface area (Å²) in [6.45, 7) is 2.82. The van der Waals surface area contributed by atoms with E-state index in [1.165, 1.54) is 19.3 Å². The summed E-state index contributed by atoms with van der Waals surface area (Å²) >= 11 is 5.84. The molecule has 5 heteroatoms. The number of aromatic hydroxyl groups is 1. The molecule has 1 fully saturated rings. The first-order valence-corrected chi connectivity index (χ1v) is 8.61. The number of carbonyl (C=O) groups excluding carboxylic acids is 1. The maximum Gasteiger partial charge on any atom is 0.255 e. The van der Waals surface area contributed by atoms with Crippen LogP contribution in [0.5, 0.6) is 5.75 Å². The van der Waals surface area contributed by atoms with Gasteiger partial charge in [0.15, 0.2) is 0 Å². The van der Waals surface area contributed by atoms with E-state index in [0.29, 0.717) is 22.8 Å². The molecule has 2 aromatic carbocycles. The molecule has 0 unspecified atom stereocenters. The van der Waals surface area contributed by atoms with Gasteiger partial charge in [-0.25, -0.2) is 0 Å². The van der Waals surface area contributed by atoms with Gasteiger partial charge in [-0.15, -0.1) is 0 Å². The molecule has 0 atom stereocenters. The lowest BCUT2D eigenvalue weighted by molar-refractivity contribution is 0.102. The van der Waals surface area contributed by atoms with Gasteiger partial charge in [-0.2, -0.15) is 0 Å². The van der Waals surface area contributed by atoms with Gasteiger partial charge in [0.2, 0.25) is 0 Å². The fourth-order valence-corrected chi connectivity index (χ4v) is 3.08. The maximum atomic E-state index is 12.3. The number of amides is 1. The van der Waals surface area contributed by atoms with Crippen LogP contribution in [0.1, 0.15) is 35.2 Å². The van der Waals surface area contributed by atoms with Gasteiger partial charge < -0.3 is 10.4 Å². The van der Waals surface area contributed by atoms with Crippen LogP contribution in [-0.2, 0) is 6.54 Å². The molecule has 1 aliphatic rings. The zero-order valence-corrected chi connectivity index (χ0v) is 14.2. The van der Waals surface area contributed by atoms with Crippen LogP contribution in [-0.4, -0.2) is 29.0 Å². The van der Waals surface area contributed by atoms with Crippen molar-refractivity contribution in [2.75, 3.05) is 18.4 Å². The van der Waals surface area contributed by atoms with E-state index in [-0.39, 0.29) is 11.7 Å². The number of hydrogen-bond acceptors (Lipinski definition) is 3. The van der Waals surface area contributed by atoms with Crippen molar-refractivity contribution in [3.05, 3.63) is 58.6 Å². The number of phenols is 1. The molecule has 0 saturated carbocycles. The Kier molecular flexibility index (Phi) is 5.38. The molecule has 2 N–H and O–H groups in total. The topological polar surface area (TPSA) is 52.6 Å². The Hall–Kier alpha value is -2.04. The van der Waals surface area contributed by atoms with Crippen molar-refractivity contribution in [3.8, 4) is 5.75 Å². The van der Waals surface area contributed by atoms with Gasteiger partial charge in [0, 0.05) is 28.4 Å². The first-order valence-electron chi connectivity index (χ1n) is 8.23. The van der Waals surface area contributed by atoms with E-state index >= 15 is 0 Å². The molecule has 0 spiro atoms. The zero-order chi connectivity index (χ0) is 16.9. The molecular formula is C19H21ClN2O2. The van der Waals surface area contributed by atoms with Crippen molar-refractivity contribution in [3.63, 3.8) is 0 Å². The molecule has 1 aliphatic heterocycles. The fraction of sp³-hybridized carbons (Fsp3) is 0.316. The van der Waals surface area contributed by atoms with Crippen LogP contribution in [0.4, 0.5) is 5.69 Å². The predicted octanol–water partition coefficient (Wildman–Crippen LogP) is 4.28. The highest BCUT2D eigenvalue weighted by atomic mass is 35.5. The summed E-state index contributed by atoms with van der Waals surface area (Å²) in [7, 11) is 0. The number of anilines is 1. The zero-order valence-electron chi connectivity index (χ0n) is 13.5. The highest BCUT2D eigenvalue weighted by molar-refractivity contribution is 6.30. The van der Waals surface area contributed by atoms with Crippen LogP contribution >= 0.6 is 11.6 Å². The Morgan fingerprint density at radius 2 is 1.79 bits per heavy atom. The quantitative estimate of drug-likeness (QED) is 0.814. The fourth-order valence-electron chi connectivity index (χ4n) is 2.95. The number of piperidine rings is 1. The summed E-state index contributed by atoms with van der Waals surface area (Å²) in [6, 6.07) is 11.9. The molecule has 0 aromatic heterocycles. The Morgan fingerprint density at radius 3 is 2.50 bits per heavy atom. The highest BCUT2D eigenvalue weighted by Gasteiger charge is 2.14. The molecule has 1 saturated heterocycles. The minimum absolute atomic E-state index is 0.193. The van der Waals surface area contributed by atoms with Crippen LogP contribution < -0.4 is 5.32 Å². The van der Waals surface area contributed by atoms with Gasteiger partial charge in [0.1, 0.15) is 5.75 Å². The summed E-state index contributed by atoms with van der Waals surface area (Å²) in [4.78, 5) is 14.6. The first-order chi connectivity index (χ1) is 11.6. The summed E-state index contributed by atoms with van der Waals surface area (Å²) in [5, 5.41) is 13.6. The van der Waals surface area contributed by atoms with E-state index in [2.05, 4.69) is 10.2 Å². The Morgan fingerprint density at radius 1 is 1.08 bits per heavy atom. The van der Waals surface area contributed by atoms with Crippen molar-refractivity contribution < 1.29 is 9.90 Å².